The van der Waals surface area contributed by atoms with Crippen LogP contribution < -0.4 is 5.32 Å². The maximum absolute atomic E-state index is 12.3. The molecular formula is C15H23N3O2. The first kappa shape index (κ1) is 14.9. The van der Waals surface area contributed by atoms with E-state index < -0.39 is 0 Å². The fraction of sp³-hybridized carbons (Fsp3) is 0.600. The summed E-state index contributed by atoms with van der Waals surface area (Å²) in [6, 6.07) is 4.00. The standard InChI is InChI=1S/C15H23N3O2/c1-12(2)18(8-13-5-4-6-16-7-13)14(19)9-20-15(3)10-17-11-15/h4-7,12,17H,8-11H2,1-3H3. The van der Waals surface area contributed by atoms with Gasteiger partial charge in [0.05, 0.1) is 5.60 Å². The van der Waals surface area contributed by atoms with E-state index in [4.69, 9.17) is 4.74 Å². The van der Waals surface area contributed by atoms with E-state index in [2.05, 4.69) is 10.3 Å². The molecule has 110 valence electrons. The number of hydrogen-bond donors (Lipinski definition) is 1. The lowest BCUT2D eigenvalue weighted by atomic mass is 10.0. The van der Waals surface area contributed by atoms with Gasteiger partial charge in [-0.05, 0) is 32.4 Å². The molecule has 0 radical (unpaired) electrons. The molecule has 2 rings (SSSR count). The molecule has 1 aliphatic heterocycles. The number of nitrogens with one attached hydrogen (secondary N) is 1. The monoisotopic (exact) mass is 277 g/mol. The van der Waals surface area contributed by atoms with Gasteiger partial charge in [0.25, 0.3) is 0 Å². The van der Waals surface area contributed by atoms with E-state index in [1.165, 1.54) is 0 Å². The van der Waals surface area contributed by atoms with Gasteiger partial charge in [-0.15, -0.1) is 0 Å². The van der Waals surface area contributed by atoms with Crippen molar-refractivity contribution >= 4 is 5.91 Å². The highest BCUT2D eigenvalue weighted by atomic mass is 16.5. The van der Waals surface area contributed by atoms with Crippen LogP contribution in [0.15, 0.2) is 24.5 Å². The summed E-state index contributed by atoms with van der Waals surface area (Å²) < 4.78 is 5.73. The Hall–Kier alpha value is -1.46. The third kappa shape index (κ3) is 3.77. The van der Waals surface area contributed by atoms with Crippen molar-refractivity contribution in [3.05, 3.63) is 30.1 Å². The van der Waals surface area contributed by atoms with Crippen molar-refractivity contribution in [3.63, 3.8) is 0 Å². The third-order valence-corrected chi connectivity index (χ3v) is 3.56. The zero-order valence-electron chi connectivity index (χ0n) is 12.4. The molecule has 1 aliphatic rings. The number of ether oxygens (including phenoxy) is 1. The van der Waals surface area contributed by atoms with Crippen LogP contribution in [0.25, 0.3) is 0 Å². The van der Waals surface area contributed by atoms with Gasteiger partial charge in [0, 0.05) is 38.1 Å². The van der Waals surface area contributed by atoms with Crippen LogP contribution in [0.2, 0.25) is 0 Å². The SMILES string of the molecule is CC(C)N(Cc1cccnc1)C(=O)COC1(C)CNC1. The van der Waals surface area contributed by atoms with Crippen molar-refractivity contribution in [1.82, 2.24) is 15.2 Å². The largest absolute Gasteiger partial charge is 0.363 e. The zero-order valence-corrected chi connectivity index (χ0v) is 12.4. The Morgan fingerprint density at radius 3 is 2.80 bits per heavy atom. The average Bonchev–Trinajstić information content (AvgIpc) is 2.41. The summed E-state index contributed by atoms with van der Waals surface area (Å²) in [5, 5.41) is 3.16. The summed E-state index contributed by atoms with van der Waals surface area (Å²) in [5.41, 5.74) is 0.846. The number of amides is 1. The maximum Gasteiger partial charge on any atom is 0.249 e. The van der Waals surface area contributed by atoms with Gasteiger partial charge < -0.3 is 15.0 Å². The minimum absolute atomic E-state index is 0.0250. The highest BCUT2D eigenvalue weighted by Crippen LogP contribution is 2.16. The molecule has 5 nitrogen and oxygen atoms in total. The molecule has 1 amide bonds. The van der Waals surface area contributed by atoms with E-state index >= 15 is 0 Å². The fourth-order valence-corrected chi connectivity index (χ4v) is 2.15. The van der Waals surface area contributed by atoms with Crippen LogP contribution in [0.5, 0.6) is 0 Å². The van der Waals surface area contributed by atoms with E-state index in [0.29, 0.717) is 6.54 Å². The van der Waals surface area contributed by atoms with E-state index in [-0.39, 0.29) is 24.2 Å². The van der Waals surface area contributed by atoms with Gasteiger partial charge in [-0.2, -0.15) is 0 Å². The molecule has 1 aromatic rings. The Bertz CT molecular complexity index is 444. The van der Waals surface area contributed by atoms with E-state index in [0.717, 1.165) is 18.7 Å². The predicted molar refractivity (Wildman–Crippen MR) is 77.1 cm³/mol. The predicted octanol–water partition coefficient (Wildman–Crippen LogP) is 1.20. The van der Waals surface area contributed by atoms with Crippen LogP contribution >= 0.6 is 0 Å². The smallest absolute Gasteiger partial charge is 0.249 e. The molecule has 1 aromatic heterocycles. The lowest BCUT2D eigenvalue weighted by Crippen LogP contribution is -2.59. The minimum atomic E-state index is -0.188. The molecule has 0 aromatic carbocycles. The lowest BCUT2D eigenvalue weighted by Gasteiger charge is -2.39. The van der Waals surface area contributed by atoms with Gasteiger partial charge in [-0.1, -0.05) is 6.07 Å². The second-order valence-electron chi connectivity index (χ2n) is 5.82. The second kappa shape index (κ2) is 6.33. The summed E-state index contributed by atoms with van der Waals surface area (Å²) in [6.45, 7) is 8.38. The van der Waals surface area contributed by atoms with Crippen molar-refractivity contribution in [2.45, 2.75) is 39.0 Å². The number of carbonyl (C=O) groups excluding carboxylic acids is 1. The number of aromatic nitrogens is 1. The van der Waals surface area contributed by atoms with E-state index in [9.17, 15) is 4.79 Å². The Labute approximate surface area is 120 Å². The number of carbonyl (C=O) groups is 1. The van der Waals surface area contributed by atoms with Crippen molar-refractivity contribution < 1.29 is 9.53 Å². The van der Waals surface area contributed by atoms with Gasteiger partial charge in [0.15, 0.2) is 0 Å². The number of rotatable bonds is 6. The summed E-state index contributed by atoms with van der Waals surface area (Å²) in [4.78, 5) is 18.2. The molecule has 5 heteroatoms. The Morgan fingerprint density at radius 1 is 1.55 bits per heavy atom. The average molecular weight is 277 g/mol. The highest BCUT2D eigenvalue weighted by molar-refractivity contribution is 5.77. The summed E-state index contributed by atoms with van der Waals surface area (Å²) in [7, 11) is 0. The van der Waals surface area contributed by atoms with Gasteiger partial charge in [0.2, 0.25) is 5.91 Å². The van der Waals surface area contributed by atoms with Gasteiger partial charge in [0.1, 0.15) is 6.61 Å². The Morgan fingerprint density at radius 2 is 2.30 bits per heavy atom. The number of pyridine rings is 1. The summed E-state index contributed by atoms with van der Waals surface area (Å²) in [6.07, 6.45) is 3.53. The van der Waals surface area contributed by atoms with Gasteiger partial charge in [-0.3, -0.25) is 9.78 Å². The summed E-state index contributed by atoms with van der Waals surface area (Å²) >= 11 is 0. The molecule has 0 aliphatic carbocycles. The van der Waals surface area contributed by atoms with Gasteiger partial charge in [-0.25, -0.2) is 0 Å². The molecule has 0 spiro atoms. The molecule has 0 unspecified atom stereocenters. The second-order valence-corrected chi connectivity index (χ2v) is 5.82. The zero-order chi connectivity index (χ0) is 14.6. The van der Waals surface area contributed by atoms with Crippen LogP contribution in [-0.4, -0.2) is 47.1 Å². The van der Waals surface area contributed by atoms with Crippen molar-refractivity contribution in [2.75, 3.05) is 19.7 Å². The first-order chi connectivity index (χ1) is 9.50. The Kier molecular flexibility index (Phi) is 4.73. The summed E-state index contributed by atoms with van der Waals surface area (Å²) in [5.74, 6) is 0.0250. The van der Waals surface area contributed by atoms with Crippen molar-refractivity contribution in [1.29, 1.82) is 0 Å². The molecule has 1 saturated heterocycles. The van der Waals surface area contributed by atoms with Gasteiger partial charge >= 0.3 is 0 Å². The topological polar surface area (TPSA) is 54.5 Å². The maximum atomic E-state index is 12.3. The first-order valence-corrected chi connectivity index (χ1v) is 7.03. The lowest BCUT2D eigenvalue weighted by molar-refractivity contribution is -0.148. The molecule has 0 bridgehead atoms. The molecule has 1 fully saturated rings. The quantitative estimate of drug-likeness (QED) is 0.849. The normalized spacial score (nSPS) is 16.8. The van der Waals surface area contributed by atoms with E-state index in [1.54, 1.807) is 12.4 Å². The molecule has 2 heterocycles. The fourth-order valence-electron chi connectivity index (χ4n) is 2.15. The van der Waals surface area contributed by atoms with Crippen LogP contribution in [-0.2, 0) is 16.1 Å². The van der Waals surface area contributed by atoms with Crippen molar-refractivity contribution in [2.24, 2.45) is 0 Å². The molecule has 20 heavy (non-hydrogen) atoms. The molecular weight excluding hydrogens is 254 g/mol. The van der Waals surface area contributed by atoms with Crippen LogP contribution in [0, 0.1) is 0 Å². The van der Waals surface area contributed by atoms with Crippen LogP contribution in [0.1, 0.15) is 26.3 Å². The van der Waals surface area contributed by atoms with E-state index in [1.807, 2.05) is 37.8 Å². The first-order valence-electron chi connectivity index (χ1n) is 7.03. The minimum Gasteiger partial charge on any atom is -0.363 e. The molecule has 0 saturated carbocycles. The molecule has 0 atom stereocenters. The van der Waals surface area contributed by atoms with Crippen molar-refractivity contribution in [3.8, 4) is 0 Å². The number of hydrogen-bond acceptors (Lipinski definition) is 4. The van der Waals surface area contributed by atoms with Crippen LogP contribution in [0.4, 0.5) is 0 Å². The van der Waals surface area contributed by atoms with Crippen LogP contribution in [0.3, 0.4) is 0 Å². The number of nitrogens with zero attached hydrogens (tertiary/aromatic N) is 2. The third-order valence-electron chi connectivity index (χ3n) is 3.56. The highest BCUT2D eigenvalue weighted by Gasteiger charge is 2.33. The molecule has 1 N–H and O–H groups in total. The Balaban J connectivity index is 1.92.